The van der Waals surface area contributed by atoms with Gasteiger partial charge < -0.3 is 10.5 Å². The van der Waals surface area contributed by atoms with Crippen LogP contribution in [0.1, 0.15) is 59.3 Å². The highest BCUT2D eigenvalue weighted by Crippen LogP contribution is 2.45. The monoisotopic (exact) mass is 296 g/mol. The third-order valence-electron chi connectivity index (χ3n) is 6.27. The summed E-state index contributed by atoms with van der Waals surface area (Å²) in [5, 5.41) is 0. The molecule has 0 radical (unpaired) electrons. The fourth-order valence-electron chi connectivity index (χ4n) is 4.11. The Morgan fingerprint density at radius 1 is 1.19 bits per heavy atom. The average molecular weight is 296 g/mol. The second-order valence-electron chi connectivity index (χ2n) is 7.88. The normalized spacial score (nSPS) is 30.9. The zero-order valence-corrected chi connectivity index (χ0v) is 14.6. The number of ether oxygens (including phenoxy) is 1. The molecule has 3 heteroatoms. The number of rotatable bonds is 8. The molecule has 2 aliphatic rings. The summed E-state index contributed by atoms with van der Waals surface area (Å²) >= 11 is 0. The van der Waals surface area contributed by atoms with Crippen LogP contribution in [0.25, 0.3) is 0 Å². The van der Waals surface area contributed by atoms with Crippen molar-refractivity contribution in [2.75, 3.05) is 26.8 Å². The van der Waals surface area contributed by atoms with Crippen LogP contribution in [0.2, 0.25) is 0 Å². The molecule has 2 saturated carbocycles. The van der Waals surface area contributed by atoms with Gasteiger partial charge in [0.15, 0.2) is 0 Å². The molecule has 0 bridgehead atoms. The van der Waals surface area contributed by atoms with Crippen LogP contribution in [0, 0.1) is 17.3 Å². The molecule has 2 rings (SSSR count). The van der Waals surface area contributed by atoms with Crippen molar-refractivity contribution in [2.45, 2.75) is 71.4 Å². The summed E-state index contributed by atoms with van der Waals surface area (Å²) in [7, 11) is 1.81. The summed E-state index contributed by atoms with van der Waals surface area (Å²) in [6.07, 6.45) is 8.04. The summed E-state index contributed by atoms with van der Waals surface area (Å²) in [5.41, 5.74) is 6.58. The van der Waals surface area contributed by atoms with E-state index in [1.807, 2.05) is 7.11 Å². The predicted octanol–water partition coefficient (Wildman–Crippen LogP) is 3.28. The molecule has 2 fully saturated rings. The molecule has 0 amide bonds. The number of nitrogens with two attached hydrogens (primary N) is 1. The van der Waals surface area contributed by atoms with Gasteiger partial charge in [-0.05, 0) is 55.9 Å². The Balaban J connectivity index is 2.07. The van der Waals surface area contributed by atoms with Crippen LogP contribution in [0.15, 0.2) is 0 Å². The number of hydrogen-bond donors (Lipinski definition) is 1. The first-order chi connectivity index (χ1) is 10.0. The number of hydrogen-bond acceptors (Lipinski definition) is 3. The first-order valence-electron chi connectivity index (χ1n) is 8.98. The zero-order chi connectivity index (χ0) is 15.5. The minimum Gasteiger partial charge on any atom is -0.383 e. The maximum absolute atomic E-state index is 6.11. The minimum absolute atomic E-state index is 0.467. The third kappa shape index (κ3) is 4.20. The minimum atomic E-state index is 0.467. The molecule has 0 heterocycles. The fourth-order valence-corrected chi connectivity index (χ4v) is 4.11. The topological polar surface area (TPSA) is 38.5 Å². The van der Waals surface area contributed by atoms with Crippen molar-refractivity contribution >= 4 is 0 Å². The van der Waals surface area contributed by atoms with Crippen molar-refractivity contribution in [3.63, 3.8) is 0 Å². The lowest BCUT2D eigenvalue weighted by Gasteiger charge is -2.47. The van der Waals surface area contributed by atoms with Crippen LogP contribution in [0.5, 0.6) is 0 Å². The lowest BCUT2D eigenvalue weighted by atomic mass is 9.65. The number of nitrogens with zero attached hydrogens (tertiary/aromatic N) is 1. The van der Waals surface area contributed by atoms with Gasteiger partial charge in [-0.3, -0.25) is 4.90 Å². The molecule has 3 nitrogen and oxygen atoms in total. The largest absolute Gasteiger partial charge is 0.383 e. The maximum Gasteiger partial charge on any atom is 0.0589 e. The Morgan fingerprint density at radius 2 is 1.90 bits per heavy atom. The molecule has 3 unspecified atom stereocenters. The quantitative estimate of drug-likeness (QED) is 0.747. The van der Waals surface area contributed by atoms with Gasteiger partial charge in [-0.2, -0.15) is 0 Å². The molecular weight excluding hydrogens is 260 g/mol. The molecule has 0 aromatic heterocycles. The summed E-state index contributed by atoms with van der Waals surface area (Å²) in [4.78, 5) is 2.75. The molecule has 2 aliphatic carbocycles. The summed E-state index contributed by atoms with van der Waals surface area (Å²) in [6.45, 7) is 10.0. The van der Waals surface area contributed by atoms with Crippen molar-refractivity contribution in [1.82, 2.24) is 4.90 Å². The summed E-state index contributed by atoms with van der Waals surface area (Å²) < 4.78 is 5.35. The molecular formula is C18H36N2O. The molecule has 0 spiro atoms. The van der Waals surface area contributed by atoms with Gasteiger partial charge in [0, 0.05) is 25.7 Å². The van der Waals surface area contributed by atoms with Crippen molar-refractivity contribution in [3.05, 3.63) is 0 Å². The molecule has 0 aliphatic heterocycles. The van der Waals surface area contributed by atoms with E-state index in [9.17, 15) is 0 Å². The first-order valence-corrected chi connectivity index (χ1v) is 8.98. The van der Waals surface area contributed by atoms with Crippen LogP contribution >= 0.6 is 0 Å². The number of methoxy groups -OCH3 is 1. The van der Waals surface area contributed by atoms with Gasteiger partial charge >= 0.3 is 0 Å². The van der Waals surface area contributed by atoms with Crippen molar-refractivity contribution in [1.29, 1.82) is 0 Å². The fraction of sp³-hybridized carbons (Fsp3) is 1.00. The van der Waals surface area contributed by atoms with Gasteiger partial charge in [0.1, 0.15) is 0 Å². The molecule has 2 N–H and O–H groups in total. The van der Waals surface area contributed by atoms with Gasteiger partial charge in [0.05, 0.1) is 6.61 Å². The highest BCUT2D eigenvalue weighted by molar-refractivity contribution is 4.96. The van der Waals surface area contributed by atoms with Crippen molar-refractivity contribution < 1.29 is 4.74 Å². The Kier molecular flexibility index (Phi) is 6.10. The Hall–Kier alpha value is -0.120. The van der Waals surface area contributed by atoms with E-state index in [2.05, 4.69) is 25.7 Å². The van der Waals surface area contributed by atoms with E-state index in [1.54, 1.807) is 0 Å². The highest BCUT2D eigenvalue weighted by Gasteiger charge is 2.42. The van der Waals surface area contributed by atoms with E-state index in [-0.39, 0.29) is 0 Å². The molecule has 0 saturated heterocycles. The predicted molar refractivity (Wildman–Crippen MR) is 89.3 cm³/mol. The van der Waals surface area contributed by atoms with E-state index < -0.39 is 0 Å². The van der Waals surface area contributed by atoms with Crippen LogP contribution in [0.4, 0.5) is 0 Å². The van der Waals surface area contributed by atoms with Crippen molar-refractivity contribution in [3.8, 4) is 0 Å². The Bertz CT molecular complexity index is 314. The van der Waals surface area contributed by atoms with Gasteiger partial charge in [-0.15, -0.1) is 0 Å². The molecule has 21 heavy (non-hydrogen) atoms. The lowest BCUT2D eigenvalue weighted by Crippen LogP contribution is -2.50. The van der Waals surface area contributed by atoms with Crippen LogP contribution in [0.3, 0.4) is 0 Å². The summed E-state index contributed by atoms with van der Waals surface area (Å²) in [5.74, 6) is 1.53. The van der Waals surface area contributed by atoms with Crippen molar-refractivity contribution in [2.24, 2.45) is 23.0 Å². The second kappa shape index (κ2) is 7.43. The van der Waals surface area contributed by atoms with E-state index >= 15 is 0 Å². The van der Waals surface area contributed by atoms with Gasteiger partial charge in [-0.25, -0.2) is 0 Å². The van der Waals surface area contributed by atoms with E-state index in [1.165, 1.54) is 38.5 Å². The maximum atomic E-state index is 6.11. The van der Waals surface area contributed by atoms with Gasteiger partial charge in [-0.1, -0.05) is 27.2 Å². The second-order valence-corrected chi connectivity index (χ2v) is 7.88. The third-order valence-corrected chi connectivity index (χ3v) is 6.27. The summed E-state index contributed by atoms with van der Waals surface area (Å²) in [6, 6.07) is 1.49. The highest BCUT2D eigenvalue weighted by atomic mass is 16.5. The standard InChI is InChI=1S/C18H36N2O/c1-5-18(2,3)15-7-6-14(13-19)17(12-15)20(10-11-21-4)16-8-9-16/h14-17H,5-13,19H2,1-4H3. The van der Waals surface area contributed by atoms with E-state index in [0.29, 0.717) is 17.4 Å². The molecule has 124 valence electrons. The average Bonchev–Trinajstić information content (AvgIpc) is 3.32. The van der Waals surface area contributed by atoms with Crippen LogP contribution in [-0.2, 0) is 4.74 Å². The van der Waals surface area contributed by atoms with Crippen LogP contribution in [-0.4, -0.2) is 43.8 Å². The van der Waals surface area contributed by atoms with Gasteiger partial charge in [0.25, 0.3) is 0 Å². The van der Waals surface area contributed by atoms with Gasteiger partial charge in [0.2, 0.25) is 0 Å². The molecule has 0 aromatic carbocycles. The van der Waals surface area contributed by atoms with E-state index in [0.717, 1.165) is 31.7 Å². The van der Waals surface area contributed by atoms with Crippen LogP contribution < -0.4 is 5.73 Å². The molecule has 3 atom stereocenters. The smallest absolute Gasteiger partial charge is 0.0589 e. The van der Waals surface area contributed by atoms with E-state index in [4.69, 9.17) is 10.5 Å². The molecule has 0 aromatic rings. The Morgan fingerprint density at radius 3 is 2.43 bits per heavy atom. The Labute approximate surface area is 131 Å². The SMILES string of the molecule is CCC(C)(C)C1CCC(CN)C(N(CCOC)C2CC2)C1. The lowest BCUT2D eigenvalue weighted by molar-refractivity contribution is 0.0204. The zero-order valence-electron chi connectivity index (χ0n) is 14.6. The first kappa shape index (κ1) is 17.2.